The van der Waals surface area contributed by atoms with Crippen molar-refractivity contribution in [2.45, 2.75) is 26.7 Å². The summed E-state index contributed by atoms with van der Waals surface area (Å²) in [5.74, 6) is 0.779. The number of benzene rings is 1. The molecule has 1 unspecified atom stereocenters. The van der Waals surface area contributed by atoms with Crippen molar-refractivity contribution in [3.8, 4) is 0 Å². The first-order valence-corrected chi connectivity index (χ1v) is 7.12. The fourth-order valence-electron chi connectivity index (χ4n) is 2.99. The molecule has 0 radical (unpaired) electrons. The van der Waals surface area contributed by atoms with Crippen molar-refractivity contribution in [3.05, 3.63) is 34.9 Å². The quantitative estimate of drug-likeness (QED) is 0.930. The van der Waals surface area contributed by atoms with Crippen molar-refractivity contribution in [1.82, 2.24) is 10.2 Å². The van der Waals surface area contributed by atoms with Crippen molar-refractivity contribution >= 4 is 18.3 Å². The lowest BCUT2D eigenvalue weighted by Gasteiger charge is -2.33. The van der Waals surface area contributed by atoms with Gasteiger partial charge in [-0.2, -0.15) is 0 Å². The van der Waals surface area contributed by atoms with Crippen LogP contribution in [0.4, 0.5) is 0 Å². The Balaban J connectivity index is 0.00000200. The first-order chi connectivity index (χ1) is 9.10. The second-order valence-corrected chi connectivity index (χ2v) is 5.69. The monoisotopic (exact) mass is 296 g/mol. The maximum Gasteiger partial charge on any atom is 0.253 e. The van der Waals surface area contributed by atoms with Gasteiger partial charge in [0.1, 0.15) is 0 Å². The molecule has 1 fully saturated rings. The number of piperidine rings is 1. The first kappa shape index (κ1) is 17.0. The third kappa shape index (κ3) is 4.22. The smallest absolute Gasteiger partial charge is 0.253 e. The Morgan fingerprint density at radius 3 is 2.55 bits per heavy atom. The highest BCUT2D eigenvalue weighted by Crippen LogP contribution is 2.19. The van der Waals surface area contributed by atoms with E-state index in [-0.39, 0.29) is 18.3 Å². The minimum Gasteiger partial charge on any atom is -0.338 e. The molecule has 0 aliphatic carbocycles. The normalized spacial score (nSPS) is 18.6. The Bertz CT molecular complexity index is 440. The number of likely N-dealkylation sites (tertiary alicyclic amines) is 1. The average molecular weight is 297 g/mol. The molecule has 1 heterocycles. The molecule has 4 heteroatoms. The van der Waals surface area contributed by atoms with Crippen LogP contribution in [-0.4, -0.2) is 37.5 Å². The molecule has 3 nitrogen and oxygen atoms in total. The molecule has 1 atom stereocenters. The van der Waals surface area contributed by atoms with Gasteiger partial charge in [-0.1, -0.05) is 17.2 Å². The molecule has 1 aliphatic heterocycles. The molecule has 1 aromatic carbocycles. The number of carbonyl (C=O) groups excluding carboxylic acids is 1. The van der Waals surface area contributed by atoms with Gasteiger partial charge in [-0.15, -0.1) is 12.4 Å². The van der Waals surface area contributed by atoms with E-state index >= 15 is 0 Å². The summed E-state index contributed by atoms with van der Waals surface area (Å²) >= 11 is 0. The predicted molar refractivity (Wildman–Crippen MR) is 85.7 cm³/mol. The summed E-state index contributed by atoms with van der Waals surface area (Å²) in [5.41, 5.74) is 3.15. The van der Waals surface area contributed by atoms with Crippen molar-refractivity contribution in [1.29, 1.82) is 0 Å². The van der Waals surface area contributed by atoms with E-state index in [2.05, 4.69) is 11.4 Å². The molecule has 0 saturated carbocycles. The van der Waals surface area contributed by atoms with Gasteiger partial charge in [0.05, 0.1) is 0 Å². The minimum absolute atomic E-state index is 0. The SMILES string of the molecule is CNCC1CCCN(C(=O)c2cc(C)cc(C)c2)C1.Cl. The van der Waals surface area contributed by atoms with E-state index in [1.165, 1.54) is 6.42 Å². The molecule has 0 spiro atoms. The van der Waals surface area contributed by atoms with Crippen LogP contribution in [0.1, 0.15) is 34.3 Å². The fourth-order valence-corrected chi connectivity index (χ4v) is 2.99. The van der Waals surface area contributed by atoms with Crippen LogP contribution in [0, 0.1) is 19.8 Å². The maximum absolute atomic E-state index is 12.6. The zero-order valence-corrected chi connectivity index (χ0v) is 13.4. The second-order valence-electron chi connectivity index (χ2n) is 5.69. The van der Waals surface area contributed by atoms with E-state index in [0.717, 1.165) is 42.7 Å². The van der Waals surface area contributed by atoms with E-state index in [9.17, 15) is 4.79 Å². The van der Waals surface area contributed by atoms with Crippen molar-refractivity contribution in [2.24, 2.45) is 5.92 Å². The van der Waals surface area contributed by atoms with Crippen molar-refractivity contribution in [2.75, 3.05) is 26.7 Å². The number of aryl methyl sites for hydroxylation is 2. The second kappa shape index (κ2) is 7.65. The fraction of sp³-hybridized carbons (Fsp3) is 0.562. The van der Waals surface area contributed by atoms with Gasteiger partial charge in [0.25, 0.3) is 5.91 Å². The molecule has 1 saturated heterocycles. The summed E-state index contributed by atoms with van der Waals surface area (Å²) < 4.78 is 0. The van der Waals surface area contributed by atoms with Crippen LogP contribution in [0.2, 0.25) is 0 Å². The van der Waals surface area contributed by atoms with E-state index in [1.807, 2.05) is 37.9 Å². The van der Waals surface area contributed by atoms with Crippen LogP contribution in [0.3, 0.4) is 0 Å². The minimum atomic E-state index is 0. The van der Waals surface area contributed by atoms with Gasteiger partial charge in [0.15, 0.2) is 0 Å². The summed E-state index contributed by atoms with van der Waals surface area (Å²) in [7, 11) is 1.98. The summed E-state index contributed by atoms with van der Waals surface area (Å²) in [6.07, 6.45) is 2.33. The van der Waals surface area contributed by atoms with Crippen LogP contribution in [-0.2, 0) is 0 Å². The van der Waals surface area contributed by atoms with E-state index in [4.69, 9.17) is 0 Å². The van der Waals surface area contributed by atoms with Crippen LogP contribution >= 0.6 is 12.4 Å². The number of carbonyl (C=O) groups is 1. The van der Waals surface area contributed by atoms with Gasteiger partial charge in [-0.3, -0.25) is 4.79 Å². The Morgan fingerprint density at radius 2 is 1.95 bits per heavy atom. The van der Waals surface area contributed by atoms with Crippen LogP contribution < -0.4 is 5.32 Å². The van der Waals surface area contributed by atoms with Crippen LogP contribution in [0.5, 0.6) is 0 Å². The van der Waals surface area contributed by atoms with Gasteiger partial charge >= 0.3 is 0 Å². The molecule has 0 aromatic heterocycles. The Morgan fingerprint density at radius 1 is 1.30 bits per heavy atom. The number of nitrogens with one attached hydrogen (secondary N) is 1. The third-order valence-electron chi connectivity index (χ3n) is 3.77. The number of hydrogen-bond donors (Lipinski definition) is 1. The highest BCUT2D eigenvalue weighted by atomic mass is 35.5. The number of amides is 1. The lowest BCUT2D eigenvalue weighted by Crippen LogP contribution is -2.42. The molecule has 1 aliphatic rings. The zero-order chi connectivity index (χ0) is 13.8. The lowest BCUT2D eigenvalue weighted by molar-refractivity contribution is 0.0674. The molecular weight excluding hydrogens is 272 g/mol. The molecule has 112 valence electrons. The van der Waals surface area contributed by atoms with Crippen LogP contribution in [0.25, 0.3) is 0 Å². The lowest BCUT2D eigenvalue weighted by atomic mass is 9.97. The molecule has 1 amide bonds. The highest BCUT2D eigenvalue weighted by molar-refractivity contribution is 5.94. The highest BCUT2D eigenvalue weighted by Gasteiger charge is 2.24. The topological polar surface area (TPSA) is 32.3 Å². The Labute approximate surface area is 128 Å². The summed E-state index contributed by atoms with van der Waals surface area (Å²) in [6, 6.07) is 6.10. The summed E-state index contributed by atoms with van der Waals surface area (Å²) in [4.78, 5) is 14.6. The maximum atomic E-state index is 12.6. The van der Waals surface area contributed by atoms with Gasteiger partial charge in [-0.05, 0) is 58.3 Å². The molecule has 1 aromatic rings. The third-order valence-corrected chi connectivity index (χ3v) is 3.77. The van der Waals surface area contributed by atoms with Crippen LogP contribution in [0.15, 0.2) is 18.2 Å². The predicted octanol–water partition coefficient (Wildman–Crippen LogP) is 2.80. The number of hydrogen-bond acceptors (Lipinski definition) is 2. The first-order valence-electron chi connectivity index (χ1n) is 7.12. The Hall–Kier alpha value is -1.06. The van der Waals surface area contributed by atoms with Gasteiger partial charge < -0.3 is 10.2 Å². The van der Waals surface area contributed by atoms with Gasteiger partial charge in [-0.25, -0.2) is 0 Å². The molecule has 20 heavy (non-hydrogen) atoms. The van der Waals surface area contributed by atoms with Gasteiger partial charge in [0, 0.05) is 18.7 Å². The van der Waals surface area contributed by atoms with Crippen molar-refractivity contribution < 1.29 is 4.79 Å². The summed E-state index contributed by atoms with van der Waals surface area (Å²) in [6.45, 7) is 6.86. The number of nitrogens with zero attached hydrogens (tertiary/aromatic N) is 1. The molecule has 2 rings (SSSR count). The van der Waals surface area contributed by atoms with E-state index in [0.29, 0.717) is 5.92 Å². The Kier molecular flexibility index (Phi) is 6.50. The molecular formula is C16H25ClN2O. The largest absolute Gasteiger partial charge is 0.338 e. The van der Waals surface area contributed by atoms with Gasteiger partial charge in [0.2, 0.25) is 0 Å². The number of rotatable bonds is 3. The molecule has 1 N–H and O–H groups in total. The number of halogens is 1. The standard InChI is InChI=1S/C16H24N2O.ClH/c1-12-7-13(2)9-15(8-12)16(19)18-6-4-5-14(11-18)10-17-3;/h7-9,14,17H,4-6,10-11H2,1-3H3;1H. The molecule has 0 bridgehead atoms. The zero-order valence-electron chi connectivity index (χ0n) is 12.6. The summed E-state index contributed by atoms with van der Waals surface area (Å²) in [5, 5.41) is 3.22. The van der Waals surface area contributed by atoms with E-state index < -0.39 is 0 Å². The average Bonchev–Trinajstić information content (AvgIpc) is 2.37. The van der Waals surface area contributed by atoms with Crippen molar-refractivity contribution in [3.63, 3.8) is 0 Å². The van der Waals surface area contributed by atoms with E-state index in [1.54, 1.807) is 0 Å².